The molecule has 31 heavy (non-hydrogen) atoms. The van der Waals surface area contributed by atoms with Gasteiger partial charge in [-0.05, 0) is 56.0 Å². The Hall–Kier alpha value is -3.09. The number of hydrogen-bond donors (Lipinski definition) is 1. The molecule has 5 rings (SSSR count). The highest BCUT2D eigenvalue weighted by Crippen LogP contribution is 2.31. The number of halogens is 1. The maximum Gasteiger partial charge on any atom is 0.261 e. The lowest BCUT2D eigenvalue weighted by molar-refractivity contribution is 0.110. The summed E-state index contributed by atoms with van der Waals surface area (Å²) in [6.07, 6.45) is 7.69. The predicted molar refractivity (Wildman–Crippen MR) is 121 cm³/mol. The summed E-state index contributed by atoms with van der Waals surface area (Å²) in [7, 11) is 0. The van der Waals surface area contributed by atoms with Crippen LogP contribution in [0.5, 0.6) is 0 Å². The van der Waals surface area contributed by atoms with Crippen LogP contribution in [-0.4, -0.2) is 30.7 Å². The highest BCUT2D eigenvalue weighted by molar-refractivity contribution is 6.30. The summed E-state index contributed by atoms with van der Waals surface area (Å²) >= 11 is 6.05. The molecule has 1 fully saturated rings. The van der Waals surface area contributed by atoms with Crippen LogP contribution in [0.25, 0.3) is 33.4 Å². The lowest BCUT2D eigenvalue weighted by Gasteiger charge is -2.27. The fourth-order valence-corrected chi connectivity index (χ4v) is 4.34. The highest BCUT2D eigenvalue weighted by atomic mass is 35.5. The van der Waals surface area contributed by atoms with Crippen molar-refractivity contribution in [3.8, 4) is 22.5 Å². The molecule has 0 unspecified atom stereocenters. The summed E-state index contributed by atoms with van der Waals surface area (Å²) in [6, 6.07) is 13.0. The Morgan fingerprint density at radius 1 is 1.03 bits per heavy atom. The largest absolute Gasteiger partial charge is 0.393 e. The van der Waals surface area contributed by atoms with Gasteiger partial charge in [-0.25, -0.2) is 9.97 Å². The molecule has 156 valence electrons. The SMILES string of the molecule is O=c1c2cc(-c3ccc(Cl)cc3)nc(-c3cccnc3)c2ncn1[C@H]1CC[C@H](O)CC1. The zero-order chi connectivity index (χ0) is 21.4. The van der Waals surface area contributed by atoms with Crippen LogP contribution in [0.1, 0.15) is 31.7 Å². The first-order valence-corrected chi connectivity index (χ1v) is 10.7. The van der Waals surface area contributed by atoms with Gasteiger partial charge in [-0.2, -0.15) is 0 Å². The lowest BCUT2D eigenvalue weighted by Crippen LogP contribution is -2.29. The molecule has 1 aliphatic rings. The van der Waals surface area contributed by atoms with Crippen LogP contribution in [0.15, 0.2) is 66.0 Å². The molecule has 4 aromatic rings. The third-order valence-electron chi connectivity index (χ3n) is 5.90. The van der Waals surface area contributed by atoms with E-state index in [1.54, 1.807) is 35.4 Å². The minimum atomic E-state index is -0.279. The minimum absolute atomic E-state index is 0.0433. The number of aromatic nitrogens is 4. The molecule has 0 amide bonds. The summed E-state index contributed by atoms with van der Waals surface area (Å²) in [4.78, 5) is 27.2. The highest BCUT2D eigenvalue weighted by Gasteiger charge is 2.23. The van der Waals surface area contributed by atoms with E-state index in [1.807, 2.05) is 30.3 Å². The summed E-state index contributed by atoms with van der Waals surface area (Å²) in [5.74, 6) is 0. The van der Waals surface area contributed by atoms with Gasteiger partial charge in [0.2, 0.25) is 0 Å². The molecule has 1 aromatic carbocycles. The average Bonchev–Trinajstić information content (AvgIpc) is 2.81. The second kappa shape index (κ2) is 8.21. The molecule has 3 aromatic heterocycles. The monoisotopic (exact) mass is 432 g/mol. The Morgan fingerprint density at radius 3 is 2.52 bits per heavy atom. The number of aliphatic hydroxyl groups excluding tert-OH is 1. The van der Waals surface area contributed by atoms with E-state index in [0.29, 0.717) is 40.2 Å². The number of pyridine rings is 2. The van der Waals surface area contributed by atoms with Crippen molar-refractivity contribution in [1.29, 1.82) is 0 Å². The van der Waals surface area contributed by atoms with Gasteiger partial charge in [0.25, 0.3) is 5.56 Å². The van der Waals surface area contributed by atoms with Gasteiger partial charge in [-0.1, -0.05) is 23.7 Å². The van der Waals surface area contributed by atoms with Crippen molar-refractivity contribution < 1.29 is 5.11 Å². The molecular formula is C24H21ClN4O2. The zero-order valence-electron chi connectivity index (χ0n) is 16.8. The zero-order valence-corrected chi connectivity index (χ0v) is 17.5. The van der Waals surface area contributed by atoms with Crippen molar-refractivity contribution in [2.75, 3.05) is 0 Å². The van der Waals surface area contributed by atoms with E-state index in [-0.39, 0.29) is 17.7 Å². The maximum absolute atomic E-state index is 13.5. The number of benzene rings is 1. The fraction of sp³-hybridized carbons (Fsp3) is 0.250. The molecule has 7 heteroatoms. The van der Waals surface area contributed by atoms with Crippen molar-refractivity contribution in [3.05, 3.63) is 76.6 Å². The predicted octanol–water partition coefficient (Wildman–Crippen LogP) is 4.65. The number of aliphatic hydroxyl groups is 1. The number of rotatable bonds is 3. The van der Waals surface area contributed by atoms with E-state index in [4.69, 9.17) is 16.6 Å². The van der Waals surface area contributed by atoms with Crippen molar-refractivity contribution >= 4 is 22.5 Å². The minimum Gasteiger partial charge on any atom is -0.393 e. The second-order valence-corrected chi connectivity index (χ2v) is 8.36. The molecule has 1 aliphatic carbocycles. The van der Waals surface area contributed by atoms with E-state index in [9.17, 15) is 9.90 Å². The molecule has 0 bridgehead atoms. The molecule has 1 N–H and O–H groups in total. The normalized spacial score (nSPS) is 18.9. The molecule has 1 saturated carbocycles. The standard InChI is InChI=1S/C24H21ClN4O2/c25-17-5-3-15(4-6-17)21-12-20-23(22(28-21)16-2-1-11-26-13-16)27-14-29(24(20)31)18-7-9-19(30)10-8-18/h1-6,11-14,18-19,30H,7-10H2/t18-,19-. The van der Waals surface area contributed by atoms with Crippen LogP contribution in [0.3, 0.4) is 0 Å². The molecule has 3 heterocycles. The molecule has 0 saturated heterocycles. The van der Waals surface area contributed by atoms with Crippen LogP contribution in [0, 0.1) is 0 Å². The first-order valence-electron chi connectivity index (χ1n) is 10.4. The number of hydrogen-bond acceptors (Lipinski definition) is 5. The molecule has 0 spiro atoms. The smallest absolute Gasteiger partial charge is 0.261 e. The van der Waals surface area contributed by atoms with Crippen LogP contribution >= 0.6 is 11.6 Å². The van der Waals surface area contributed by atoms with E-state index < -0.39 is 0 Å². The Bertz CT molecular complexity index is 1280. The average molecular weight is 433 g/mol. The Kier molecular flexibility index (Phi) is 5.26. The Balaban J connectivity index is 1.72. The third-order valence-corrected chi connectivity index (χ3v) is 6.16. The van der Waals surface area contributed by atoms with Crippen molar-refractivity contribution in [3.63, 3.8) is 0 Å². The first kappa shape index (κ1) is 19.8. The Labute approximate surface area is 184 Å². The second-order valence-electron chi connectivity index (χ2n) is 7.92. The molecule has 6 nitrogen and oxygen atoms in total. The maximum atomic E-state index is 13.5. The molecule has 0 radical (unpaired) electrons. The van der Waals surface area contributed by atoms with Gasteiger partial charge in [0, 0.05) is 34.6 Å². The topological polar surface area (TPSA) is 80.9 Å². The Morgan fingerprint density at radius 2 is 1.81 bits per heavy atom. The van der Waals surface area contributed by atoms with E-state index in [1.165, 1.54) is 0 Å². The molecule has 0 atom stereocenters. The van der Waals surface area contributed by atoms with Gasteiger partial charge in [0.15, 0.2) is 0 Å². The van der Waals surface area contributed by atoms with Crippen LogP contribution in [0.4, 0.5) is 0 Å². The fourth-order valence-electron chi connectivity index (χ4n) is 4.21. The van der Waals surface area contributed by atoms with Gasteiger partial charge < -0.3 is 5.11 Å². The van der Waals surface area contributed by atoms with E-state index in [2.05, 4.69) is 9.97 Å². The summed E-state index contributed by atoms with van der Waals surface area (Å²) < 4.78 is 1.72. The van der Waals surface area contributed by atoms with Crippen molar-refractivity contribution in [1.82, 2.24) is 19.5 Å². The van der Waals surface area contributed by atoms with Crippen molar-refractivity contribution in [2.24, 2.45) is 0 Å². The lowest BCUT2D eigenvalue weighted by atomic mass is 9.93. The third kappa shape index (κ3) is 3.84. The summed E-state index contributed by atoms with van der Waals surface area (Å²) in [5, 5.41) is 11.0. The summed E-state index contributed by atoms with van der Waals surface area (Å²) in [6.45, 7) is 0. The quantitative estimate of drug-likeness (QED) is 0.509. The number of fused-ring (bicyclic) bond motifs is 1. The van der Waals surface area contributed by atoms with Gasteiger partial charge >= 0.3 is 0 Å². The van der Waals surface area contributed by atoms with Crippen LogP contribution in [0.2, 0.25) is 5.02 Å². The van der Waals surface area contributed by atoms with Crippen molar-refractivity contribution in [2.45, 2.75) is 37.8 Å². The van der Waals surface area contributed by atoms with Gasteiger partial charge in [-0.3, -0.25) is 14.3 Å². The number of nitrogens with zero attached hydrogens (tertiary/aromatic N) is 4. The van der Waals surface area contributed by atoms with Crippen LogP contribution < -0.4 is 5.56 Å². The van der Waals surface area contributed by atoms with Gasteiger partial charge in [0.05, 0.1) is 29.2 Å². The first-order chi connectivity index (χ1) is 15.1. The summed E-state index contributed by atoms with van der Waals surface area (Å²) in [5.41, 5.74) is 3.44. The van der Waals surface area contributed by atoms with E-state index in [0.717, 1.165) is 24.0 Å². The molecular weight excluding hydrogens is 412 g/mol. The van der Waals surface area contributed by atoms with E-state index >= 15 is 0 Å². The van der Waals surface area contributed by atoms with Gasteiger partial charge in [-0.15, -0.1) is 0 Å². The molecule has 0 aliphatic heterocycles. The van der Waals surface area contributed by atoms with Gasteiger partial charge in [0.1, 0.15) is 5.52 Å². The van der Waals surface area contributed by atoms with Crippen LogP contribution in [-0.2, 0) is 0 Å².